The lowest BCUT2D eigenvalue weighted by molar-refractivity contribution is -0.138. The molecule has 0 fully saturated rings. The molecule has 51 heavy (non-hydrogen) atoms. The van der Waals surface area contributed by atoms with Gasteiger partial charge in [-0.2, -0.15) is 0 Å². The number of para-hydroxylation sites is 1. The van der Waals surface area contributed by atoms with E-state index >= 15 is 0 Å². The van der Waals surface area contributed by atoms with E-state index in [4.69, 9.17) is 23.5 Å². The zero-order valence-electron chi connectivity index (χ0n) is 28.5. The van der Waals surface area contributed by atoms with Crippen LogP contribution in [0, 0.1) is 11.8 Å². The van der Waals surface area contributed by atoms with Gasteiger partial charge in [-0.1, -0.05) is 56.3 Å². The lowest BCUT2D eigenvalue weighted by Crippen LogP contribution is -2.41. The molecule has 4 aliphatic rings. The van der Waals surface area contributed by atoms with E-state index < -0.39 is 35.0 Å². The van der Waals surface area contributed by atoms with Crippen molar-refractivity contribution in [2.24, 2.45) is 11.8 Å². The average molecular weight is 682 g/mol. The number of Topliss-reactive ketones (excluding diaryl/α,β-unsaturated/α-hetero) is 1. The van der Waals surface area contributed by atoms with Gasteiger partial charge < -0.3 is 34.3 Å². The minimum Gasteiger partial charge on any atom is -0.469 e. The van der Waals surface area contributed by atoms with Crippen LogP contribution in [-0.4, -0.2) is 43.6 Å². The summed E-state index contributed by atoms with van der Waals surface area (Å²) in [6, 6.07) is 17.7. The monoisotopic (exact) mass is 681 g/mol. The van der Waals surface area contributed by atoms with Crippen LogP contribution in [0.5, 0.6) is 5.75 Å². The number of nitrogens with one attached hydrogen (secondary N) is 3. The molecule has 11 heteroatoms. The number of carbonyl (C=O) groups excluding carboxylic acids is 2. The average Bonchev–Trinajstić information content (AvgIpc) is 3.91. The van der Waals surface area contributed by atoms with Crippen LogP contribution in [0.4, 0.5) is 5.69 Å². The number of rotatable bonds is 4. The van der Waals surface area contributed by atoms with Crippen LogP contribution in [0.15, 0.2) is 75.8 Å². The molecule has 7 heterocycles. The second kappa shape index (κ2) is 10.2. The highest BCUT2D eigenvalue weighted by atomic mass is 16.5. The van der Waals surface area contributed by atoms with Gasteiger partial charge in [0.15, 0.2) is 29.2 Å². The number of aromatic nitrogens is 3. The number of H-pyrrole nitrogens is 1. The van der Waals surface area contributed by atoms with E-state index in [2.05, 4.69) is 45.9 Å². The summed E-state index contributed by atoms with van der Waals surface area (Å²) in [5.74, 6) is 0.668. The highest BCUT2D eigenvalue weighted by Gasteiger charge is 2.61. The van der Waals surface area contributed by atoms with E-state index in [9.17, 15) is 14.7 Å². The summed E-state index contributed by atoms with van der Waals surface area (Å²) in [5, 5.41) is 18.5. The number of anilines is 1. The van der Waals surface area contributed by atoms with Gasteiger partial charge in [-0.05, 0) is 49.4 Å². The van der Waals surface area contributed by atoms with Crippen molar-refractivity contribution < 1.29 is 28.3 Å². The van der Waals surface area contributed by atoms with Gasteiger partial charge in [0.1, 0.15) is 22.8 Å². The van der Waals surface area contributed by atoms with Crippen LogP contribution in [0.2, 0.25) is 0 Å². The van der Waals surface area contributed by atoms with Gasteiger partial charge in [0, 0.05) is 57.4 Å². The molecule has 11 nitrogen and oxygen atoms in total. The fourth-order valence-electron chi connectivity index (χ4n) is 8.45. The van der Waals surface area contributed by atoms with Gasteiger partial charge in [0.05, 0.1) is 6.20 Å². The third kappa shape index (κ3) is 4.09. The Bertz CT molecular complexity index is 2460. The summed E-state index contributed by atoms with van der Waals surface area (Å²) in [5.41, 5.74) is 5.18. The maximum Gasteiger partial charge on any atom is 0.249 e. The van der Waals surface area contributed by atoms with E-state index in [1.807, 2.05) is 44.3 Å². The Morgan fingerprint density at radius 1 is 1.04 bits per heavy atom. The molecular weight excluding hydrogens is 646 g/mol. The van der Waals surface area contributed by atoms with Crippen molar-refractivity contribution >= 4 is 28.3 Å². The third-order valence-electron chi connectivity index (χ3n) is 11.0. The Labute approximate surface area is 292 Å². The number of nitrogens with zero attached hydrogens (tertiary/aromatic N) is 2. The highest BCUT2D eigenvalue weighted by molar-refractivity contribution is 6.07. The Morgan fingerprint density at radius 3 is 2.69 bits per heavy atom. The van der Waals surface area contributed by atoms with Gasteiger partial charge in [-0.15, -0.1) is 0 Å². The zero-order valence-corrected chi connectivity index (χ0v) is 28.5. The highest BCUT2D eigenvalue weighted by Crippen LogP contribution is 2.61. The largest absolute Gasteiger partial charge is 0.469 e. The molecule has 6 aromatic rings. The fraction of sp³-hybridized carbons (Fsp3) is 0.300. The lowest BCUT2D eigenvalue weighted by atomic mass is 9.72. The summed E-state index contributed by atoms with van der Waals surface area (Å²) in [6.07, 6.45) is 3.16. The number of aromatic amines is 1. The zero-order chi connectivity index (χ0) is 35.0. The van der Waals surface area contributed by atoms with Crippen molar-refractivity contribution in [1.29, 1.82) is 0 Å². The van der Waals surface area contributed by atoms with Crippen molar-refractivity contribution in [1.82, 2.24) is 20.3 Å². The molecule has 0 saturated heterocycles. The predicted molar refractivity (Wildman–Crippen MR) is 188 cm³/mol. The molecule has 4 aliphatic heterocycles. The number of ether oxygens (including phenoxy) is 1. The Balaban J connectivity index is 1.30. The van der Waals surface area contributed by atoms with Crippen LogP contribution in [0.1, 0.15) is 68.5 Å². The summed E-state index contributed by atoms with van der Waals surface area (Å²) < 4.78 is 20.4. The van der Waals surface area contributed by atoms with Gasteiger partial charge in [0.2, 0.25) is 17.7 Å². The molecular formula is C40H35N5O6. The number of hydrogen-bond donors (Lipinski definition) is 4. The summed E-state index contributed by atoms with van der Waals surface area (Å²) >= 11 is 0. The minimum atomic E-state index is -1.59. The molecule has 3 aromatic heterocycles. The van der Waals surface area contributed by atoms with E-state index in [1.54, 1.807) is 6.20 Å². The first kappa shape index (κ1) is 30.2. The van der Waals surface area contributed by atoms with Crippen molar-refractivity contribution in [2.75, 3.05) is 5.32 Å². The van der Waals surface area contributed by atoms with Crippen molar-refractivity contribution in [3.63, 3.8) is 0 Å². The van der Waals surface area contributed by atoms with Gasteiger partial charge in [-0.25, -0.2) is 9.97 Å². The summed E-state index contributed by atoms with van der Waals surface area (Å²) in [7, 11) is 0. The molecule has 0 radical (unpaired) electrons. The minimum absolute atomic E-state index is 0.136. The molecule has 256 valence electrons. The molecule has 0 saturated carbocycles. The van der Waals surface area contributed by atoms with Crippen LogP contribution in [0.25, 0.3) is 44.9 Å². The second-order valence-electron chi connectivity index (χ2n) is 15.0. The maximum atomic E-state index is 14.1. The van der Waals surface area contributed by atoms with Gasteiger partial charge >= 0.3 is 0 Å². The third-order valence-corrected chi connectivity index (χ3v) is 11.0. The SMILES string of the molecule is CC(C)[C@@H]1NC(=O)[C@@H](CC(=O)C(C)(C)O)Cc2ccc3c(c2)C24c5cccc(c5N[C@H]2O3)-c2cccc3[nH]cc(c23)-c2cnc(o2)-c2nc1oc24. The van der Waals surface area contributed by atoms with Crippen molar-refractivity contribution in [2.45, 2.75) is 63.8 Å². The first-order valence-electron chi connectivity index (χ1n) is 17.4. The van der Waals surface area contributed by atoms with Crippen LogP contribution < -0.4 is 15.4 Å². The van der Waals surface area contributed by atoms with Gasteiger partial charge in [-0.3, -0.25) is 9.59 Å². The summed E-state index contributed by atoms with van der Waals surface area (Å²) in [6.45, 7) is 6.87. The number of hydrogen-bond acceptors (Lipinski definition) is 9. The molecule has 3 aromatic carbocycles. The fourth-order valence-corrected chi connectivity index (χ4v) is 8.45. The topological polar surface area (TPSA) is 156 Å². The maximum absolute atomic E-state index is 14.1. The molecule has 10 rings (SSSR count). The van der Waals surface area contributed by atoms with Crippen molar-refractivity contribution in [3.05, 3.63) is 95.3 Å². The molecule has 4 atom stereocenters. The second-order valence-corrected chi connectivity index (χ2v) is 15.0. The molecule has 1 spiro atoms. The summed E-state index contributed by atoms with van der Waals surface area (Å²) in [4.78, 5) is 40.6. The number of amides is 1. The van der Waals surface area contributed by atoms with Crippen LogP contribution in [-0.2, 0) is 21.4 Å². The lowest BCUT2D eigenvalue weighted by Gasteiger charge is -2.29. The Hall–Kier alpha value is -5.68. The standard InChI is InChI=1S/C40H35N5O6/c1-18(2)31-37-44-33-34(51-37)40-24-9-5-8-22(21-7-6-10-26-30(21)23(16-41-26)28-17-42-36(33)49-28)32(24)45-38(40)50-27-12-11-19(14-25(27)40)13-20(35(47)43-31)15-29(46)39(3,4)48/h5-12,14,16-18,20,31,38,41,45,48H,13,15H2,1-4H3,(H,43,47)/t20-,31+,38+,40?/m1/s1. The van der Waals surface area contributed by atoms with E-state index in [-0.39, 0.29) is 30.6 Å². The Kier molecular flexibility index (Phi) is 6.03. The van der Waals surface area contributed by atoms with E-state index in [0.717, 1.165) is 50.0 Å². The quantitative estimate of drug-likeness (QED) is 0.160. The first-order chi connectivity index (χ1) is 24.5. The number of ketones is 1. The van der Waals surface area contributed by atoms with E-state index in [1.165, 1.54) is 13.8 Å². The number of fused-ring (bicyclic) bond motifs is 7. The van der Waals surface area contributed by atoms with Gasteiger partial charge in [0.25, 0.3) is 0 Å². The number of aliphatic hydroxyl groups is 1. The normalized spacial score (nSPS) is 22.5. The molecule has 4 N–H and O–H groups in total. The number of benzene rings is 3. The van der Waals surface area contributed by atoms with Crippen LogP contribution >= 0.6 is 0 Å². The van der Waals surface area contributed by atoms with Crippen molar-refractivity contribution in [3.8, 4) is 39.8 Å². The molecule has 0 aliphatic carbocycles. The molecule has 10 bridgehead atoms. The predicted octanol–water partition coefficient (Wildman–Crippen LogP) is 6.65. The Morgan fingerprint density at radius 2 is 1.86 bits per heavy atom. The number of oxazole rings is 2. The van der Waals surface area contributed by atoms with Crippen LogP contribution in [0.3, 0.4) is 0 Å². The molecule has 1 amide bonds. The first-order valence-corrected chi connectivity index (χ1v) is 17.4. The smallest absolute Gasteiger partial charge is 0.249 e. The molecule has 1 unspecified atom stereocenters. The van der Waals surface area contributed by atoms with E-state index in [0.29, 0.717) is 28.9 Å². The number of carbonyl (C=O) groups is 2.